The third kappa shape index (κ3) is 1.87. The van der Waals surface area contributed by atoms with Crippen LogP contribution in [-0.2, 0) is 0 Å². The highest BCUT2D eigenvalue weighted by Gasteiger charge is 2.14. The van der Waals surface area contributed by atoms with E-state index in [1.54, 1.807) is 24.7 Å². The summed E-state index contributed by atoms with van der Waals surface area (Å²) in [5.41, 5.74) is 15.3. The molecule has 0 radical (unpaired) electrons. The number of hydrogen-bond donors (Lipinski definition) is 2. The van der Waals surface area contributed by atoms with Crippen molar-refractivity contribution in [3.63, 3.8) is 0 Å². The van der Waals surface area contributed by atoms with Gasteiger partial charge >= 0.3 is 0 Å². The zero-order valence-electron chi connectivity index (χ0n) is 9.09. The fraction of sp³-hybridized carbons (Fsp3) is 0.167. The molecule has 0 amide bonds. The summed E-state index contributed by atoms with van der Waals surface area (Å²) in [5, 5.41) is 0. The standard InChI is InChI=1S/C12H14N4/c1-8-3-2-5-16-12(8)11(14)9-7-15-6-4-10(9)13/h2-7,11H,14H2,1H3,(H2,13,15). The summed E-state index contributed by atoms with van der Waals surface area (Å²) >= 11 is 0. The van der Waals surface area contributed by atoms with E-state index >= 15 is 0 Å². The molecule has 0 aliphatic heterocycles. The lowest BCUT2D eigenvalue weighted by atomic mass is 10.0. The first-order valence-corrected chi connectivity index (χ1v) is 5.06. The number of nitrogen functional groups attached to an aromatic ring is 1. The van der Waals surface area contributed by atoms with Crippen LogP contribution in [0.1, 0.15) is 22.9 Å². The van der Waals surface area contributed by atoms with Crippen molar-refractivity contribution in [2.24, 2.45) is 5.73 Å². The van der Waals surface area contributed by atoms with Crippen LogP contribution in [0.5, 0.6) is 0 Å². The topological polar surface area (TPSA) is 77.8 Å². The van der Waals surface area contributed by atoms with Gasteiger partial charge in [-0.3, -0.25) is 9.97 Å². The van der Waals surface area contributed by atoms with E-state index in [1.807, 2.05) is 19.1 Å². The lowest BCUT2D eigenvalue weighted by Crippen LogP contribution is -2.16. The summed E-state index contributed by atoms with van der Waals surface area (Å²) in [6, 6.07) is 5.29. The molecule has 4 heteroatoms. The van der Waals surface area contributed by atoms with Crippen LogP contribution in [0.3, 0.4) is 0 Å². The van der Waals surface area contributed by atoms with Crippen molar-refractivity contribution in [3.8, 4) is 0 Å². The number of rotatable bonds is 2. The second-order valence-corrected chi connectivity index (χ2v) is 3.69. The van der Waals surface area contributed by atoms with E-state index in [4.69, 9.17) is 11.5 Å². The molecule has 0 fully saturated rings. The number of nitrogens with zero attached hydrogens (tertiary/aromatic N) is 2. The lowest BCUT2D eigenvalue weighted by molar-refractivity contribution is 0.815. The van der Waals surface area contributed by atoms with Crippen LogP contribution in [0.15, 0.2) is 36.8 Å². The molecule has 82 valence electrons. The van der Waals surface area contributed by atoms with Crippen molar-refractivity contribution in [2.45, 2.75) is 13.0 Å². The fourth-order valence-corrected chi connectivity index (χ4v) is 1.65. The fourth-order valence-electron chi connectivity index (χ4n) is 1.65. The predicted octanol–water partition coefficient (Wildman–Crippen LogP) is 1.42. The number of aryl methyl sites for hydroxylation is 1. The van der Waals surface area contributed by atoms with Crippen LogP contribution in [0.4, 0.5) is 5.69 Å². The maximum atomic E-state index is 6.14. The molecule has 2 aromatic rings. The van der Waals surface area contributed by atoms with E-state index in [9.17, 15) is 0 Å². The summed E-state index contributed by atoms with van der Waals surface area (Å²) < 4.78 is 0. The van der Waals surface area contributed by atoms with Crippen molar-refractivity contribution in [1.82, 2.24) is 9.97 Å². The molecule has 2 heterocycles. The average molecular weight is 214 g/mol. The Kier molecular flexibility index (Phi) is 2.83. The maximum absolute atomic E-state index is 6.14. The van der Waals surface area contributed by atoms with Gasteiger partial charge in [-0.1, -0.05) is 6.07 Å². The smallest absolute Gasteiger partial charge is 0.0764 e. The second-order valence-electron chi connectivity index (χ2n) is 3.69. The van der Waals surface area contributed by atoms with Crippen molar-refractivity contribution in [3.05, 3.63) is 53.6 Å². The largest absolute Gasteiger partial charge is 0.398 e. The molecule has 0 saturated carbocycles. The van der Waals surface area contributed by atoms with Crippen LogP contribution in [0, 0.1) is 6.92 Å². The van der Waals surface area contributed by atoms with Gasteiger partial charge in [0.1, 0.15) is 0 Å². The van der Waals surface area contributed by atoms with Gasteiger partial charge in [-0.25, -0.2) is 0 Å². The molecular formula is C12H14N4. The van der Waals surface area contributed by atoms with Crippen LogP contribution in [0.25, 0.3) is 0 Å². The molecule has 0 aliphatic rings. The molecule has 2 rings (SSSR count). The molecule has 1 unspecified atom stereocenters. The molecule has 4 N–H and O–H groups in total. The molecule has 0 aromatic carbocycles. The Morgan fingerprint density at radius 3 is 2.75 bits per heavy atom. The number of pyridine rings is 2. The molecule has 0 spiro atoms. The molecule has 1 atom stereocenters. The first-order valence-electron chi connectivity index (χ1n) is 5.06. The third-order valence-corrected chi connectivity index (χ3v) is 2.57. The van der Waals surface area contributed by atoms with Crippen molar-refractivity contribution in [2.75, 3.05) is 5.73 Å². The van der Waals surface area contributed by atoms with Crippen LogP contribution < -0.4 is 11.5 Å². The second kappa shape index (κ2) is 4.28. The van der Waals surface area contributed by atoms with Gasteiger partial charge in [0.05, 0.1) is 11.7 Å². The number of hydrogen-bond acceptors (Lipinski definition) is 4. The van der Waals surface area contributed by atoms with Crippen molar-refractivity contribution >= 4 is 5.69 Å². The summed E-state index contributed by atoms with van der Waals surface area (Å²) in [5.74, 6) is 0. The van der Waals surface area contributed by atoms with Gasteiger partial charge in [0.2, 0.25) is 0 Å². The molecule has 0 bridgehead atoms. The highest BCUT2D eigenvalue weighted by molar-refractivity contribution is 5.49. The molecule has 0 saturated heterocycles. The predicted molar refractivity (Wildman–Crippen MR) is 63.7 cm³/mol. The summed E-state index contributed by atoms with van der Waals surface area (Å²) in [6.07, 6.45) is 5.07. The van der Waals surface area contributed by atoms with Crippen LogP contribution in [-0.4, -0.2) is 9.97 Å². The third-order valence-electron chi connectivity index (χ3n) is 2.57. The minimum atomic E-state index is -0.324. The Labute approximate surface area is 94.3 Å². The van der Waals surface area contributed by atoms with E-state index in [0.29, 0.717) is 5.69 Å². The summed E-state index contributed by atoms with van der Waals surface area (Å²) in [6.45, 7) is 1.98. The monoisotopic (exact) mass is 214 g/mol. The quantitative estimate of drug-likeness (QED) is 0.792. The Hall–Kier alpha value is -1.94. The van der Waals surface area contributed by atoms with E-state index in [1.165, 1.54) is 0 Å². The lowest BCUT2D eigenvalue weighted by Gasteiger charge is -2.15. The summed E-state index contributed by atoms with van der Waals surface area (Å²) in [7, 11) is 0. The Morgan fingerprint density at radius 2 is 2.06 bits per heavy atom. The van der Waals surface area contributed by atoms with Gasteiger partial charge < -0.3 is 11.5 Å². The van der Waals surface area contributed by atoms with Gasteiger partial charge in [0.15, 0.2) is 0 Å². The average Bonchev–Trinajstić information content (AvgIpc) is 2.29. The molecule has 2 aromatic heterocycles. The maximum Gasteiger partial charge on any atom is 0.0764 e. The Balaban J connectivity index is 2.44. The van der Waals surface area contributed by atoms with Crippen LogP contribution >= 0.6 is 0 Å². The van der Waals surface area contributed by atoms with Gasteiger partial charge in [-0.15, -0.1) is 0 Å². The minimum absolute atomic E-state index is 0.324. The Bertz CT molecular complexity index is 450. The van der Waals surface area contributed by atoms with E-state index in [2.05, 4.69) is 9.97 Å². The first-order chi connectivity index (χ1) is 7.70. The van der Waals surface area contributed by atoms with Crippen LogP contribution in [0.2, 0.25) is 0 Å². The van der Waals surface area contributed by atoms with Gasteiger partial charge in [-0.05, 0) is 24.6 Å². The molecule has 16 heavy (non-hydrogen) atoms. The van der Waals surface area contributed by atoms with Crippen molar-refractivity contribution in [1.29, 1.82) is 0 Å². The van der Waals surface area contributed by atoms with Gasteiger partial charge in [0, 0.05) is 29.8 Å². The SMILES string of the molecule is Cc1cccnc1C(N)c1cnccc1N. The van der Waals surface area contributed by atoms with Crippen molar-refractivity contribution < 1.29 is 0 Å². The van der Waals surface area contributed by atoms with Gasteiger partial charge in [-0.2, -0.15) is 0 Å². The highest BCUT2D eigenvalue weighted by Crippen LogP contribution is 2.23. The zero-order valence-corrected chi connectivity index (χ0v) is 9.09. The zero-order chi connectivity index (χ0) is 11.5. The van der Waals surface area contributed by atoms with E-state index in [-0.39, 0.29) is 6.04 Å². The number of aromatic nitrogens is 2. The summed E-state index contributed by atoms with van der Waals surface area (Å²) in [4.78, 5) is 8.32. The first kappa shape index (κ1) is 10.6. The molecule has 4 nitrogen and oxygen atoms in total. The van der Waals surface area contributed by atoms with E-state index in [0.717, 1.165) is 16.8 Å². The van der Waals surface area contributed by atoms with E-state index < -0.39 is 0 Å². The highest BCUT2D eigenvalue weighted by atomic mass is 14.8. The Morgan fingerprint density at radius 1 is 1.25 bits per heavy atom. The normalized spacial score (nSPS) is 12.4. The number of anilines is 1. The number of nitrogens with two attached hydrogens (primary N) is 2. The van der Waals surface area contributed by atoms with Gasteiger partial charge in [0.25, 0.3) is 0 Å². The molecular weight excluding hydrogens is 200 g/mol. The minimum Gasteiger partial charge on any atom is -0.398 e. The molecule has 0 aliphatic carbocycles.